The maximum Gasteiger partial charge on any atom is 1.00 e. The predicted octanol–water partition coefficient (Wildman–Crippen LogP) is -7.25. The summed E-state index contributed by atoms with van der Waals surface area (Å²) in [5, 5.41) is 18.1. The Balaban J connectivity index is -0.0000000800. The predicted molar refractivity (Wildman–Crippen MR) is 13.9 cm³/mol. The number of hydrogen-bond acceptors (Lipinski definition) is 2. The fourth-order valence-corrected chi connectivity index (χ4v) is 0. The molecule has 0 rings (SSSR count). The molecule has 0 saturated heterocycles. The van der Waals surface area contributed by atoms with Crippen LogP contribution in [0.1, 0.15) is 0 Å². The van der Waals surface area contributed by atoms with Crippen LogP contribution >= 0.6 is 11.6 Å². The molecule has 0 amide bonds. The Bertz CT molecular complexity index is 51.7. The fourth-order valence-electron chi connectivity index (χ4n) is 0. The van der Waals surface area contributed by atoms with E-state index in [1.807, 2.05) is 0 Å². The molecule has 2 nitrogen and oxygen atoms in total. The summed E-state index contributed by atoms with van der Waals surface area (Å²) in [6.45, 7) is 0. The molecule has 0 spiro atoms. The van der Waals surface area contributed by atoms with Crippen molar-refractivity contribution in [1.82, 2.24) is 0 Å². The molecule has 0 aliphatic heterocycles. The van der Waals surface area contributed by atoms with Gasteiger partial charge in [0.25, 0.3) is 0 Å². The van der Waals surface area contributed by atoms with Crippen molar-refractivity contribution in [2.24, 2.45) is 0 Å². The summed E-state index contributed by atoms with van der Waals surface area (Å²) in [7, 11) is 0. The van der Waals surface area contributed by atoms with Crippen molar-refractivity contribution < 1.29 is 47.9 Å². The van der Waals surface area contributed by atoms with Gasteiger partial charge in [0.05, 0.1) is 0 Å². The molecule has 0 N–H and O–H groups in total. The molecule has 0 unspecified atom stereocenters. The van der Waals surface area contributed by atoms with E-state index in [4.69, 9.17) is 10.2 Å². The third-order valence-electron chi connectivity index (χ3n) is 0.0891. The number of hydrogen-bond donors (Lipinski definition) is 0. The molecule has 0 aromatic rings. The van der Waals surface area contributed by atoms with Gasteiger partial charge in [-0.3, -0.25) is 0 Å². The Labute approximate surface area is 70.9 Å². The monoisotopic (exact) mass is 106 g/mol. The third-order valence-corrected chi connectivity index (χ3v) is 0.267. The van der Waals surface area contributed by atoms with E-state index >= 15 is 0 Å². The van der Waals surface area contributed by atoms with Crippen LogP contribution in [0, 0.1) is 0 Å². The smallest absolute Gasteiger partial charge is 0.883 e. The van der Waals surface area contributed by atoms with Gasteiger partial charge < -0.3 is 10.2 Å². The summed E-state index contributed by atoms with van der Waals surface area (Å²) >= 11 is 4.55. The zero-order valence-corrected chi connectivity index (χ0v) is 5.03. The number of halogens is 1. The first kappa shape index (κ1) is 15.7. The van der Waals surface area contributed by atoms with Gasteiger partial charge in [0.2, 0.25) is 0 Å². The third kappa shape index (κ3) is 19.9. The van der Waals surface area contributed by atoms with E-state index in [1.165, 1.54) is 0 Å². The van der Waals surface area contributed by atoms with E-state index in [0.29, 0.717) is 5.54 Å². The van der Waals surface area contributed by atoms with E-state index in [9.17, 15) is 0 Å². The molecule has 0 atom stereocenters. The Morgan fingerprint density at radius 3 is 1.43 bits per heavy atom. The molecular formula is C2HClLi2O2. The second-order valence-electron chi connectivity index (χ2n) is 0.428. The molecule has 0 aliphatic rings. The molecule has 5 heteroatoms. The quantitative estimate of drug-likeness (QED) is 0.228. The molecule has 0 aromatic carbocycles. The fraction of sp³-hybridized carbons (Fsp3) is 0. The first-order valence-electron chi connectivity index (χ1n) is 0.915. The molecule has 0 aromatic heterocycles. The van der Waals surface area contributed by atoms with Gasteiger partial charge in [-0.1, -0.05) is 11.6 Å². The second-order valence-corrected chi connectivity index (χ2v) is 0.646. The van der Waals surface area contributed by atoms with Crippen LogP contribution in [-0.4, -0.2) is 0 Å². The molecule has 0 heterocycles. The van der Waals surface area contributed by atoms with Crippen LogP contribution in [0.4, 0.5) is 0 Å². The first-order valence-corrected chi connectivity index (χ1v) is 1.35. The summed E-state index contributed by atoms with van der Waals surface area (Å²) in [4.78, 5) is 0. The van der Waals surface area contributed by atoms with Gasteiger partial charge in [-0.15, -0.1) is 0 Å². The molecule has 0 radical (unpaired) electrons. The van der Waals surface area contributed by atoms with Crippen molar-refractivity contribution in [2.45, 2.75) is 0 Å². The van der Waals surface area contributed by atoms with Crippen molar-refractivity contribution in [3.05, 3.63) is 11.5 Å². The van der Waals surface area contributed by atoms with Crippen LogP contribution in [0.25, 0.3) is 0 Å². The molecule has 7 heavy (non-hydrogen) atoms. The van der Waals surface area contributed by atoms with Crippen LogP contribution in [0.5, 0.6) is 0 Å². The molecule has 0 saturated carbocycles. The van der Waals surface area contributed by atoms with Crippen molar-refractivity contribution in [2.75, 3.05) is 0 Å². The largest absolute Gasteiger partial charge is 1.00 e. The van der Waals surface area contributed by atoms with Crippen LogP contribution in [0.15, 0.2) is 11.5 Å². The van der Waals surface area contributed by atoms with E-state index in [1.54, 1.807) is 0 Å². The number of rotatable bonds is 0. The summed E-state index contributed by atoms with van der Waals surface area (Å²) in [6, 6.07) is 0. The minimum Gasteiger partial charge on any atom is -0.883 e. The van der Waals surface area contributed by atoms with E-state index < -0.39 is 5.95 Å². The topological polar surface area (TPSA) is 46.1 Å². The summed E-state index contributed by atoms with van der Waals surface area (Å²) in [5.41, 5.74) is 0.444. The second kappa shape index (κ2) is 9.95. The van der Waals surface area contributed by atoms with Crippen molar-refractivity contribution in [3.63, 3.8) is 0 Å². The van der Waals surface area contributed by atoms with Crippen LogP contribution < -0.4 is 47.9 Å². The van der Waals surface area contributed by atoms with Crippen LogP contribution in [0.3, 0.4) is 0 Å². The van der Waals surface area contributed by atoms with Crippen molar-refractivity contribution in [1.29, 1.82) is 0 Å². The molecular weight excluding hydrogens is 105 g/mol. The SMILES string of the molecule is [Li+].[Li+].[O-]C([O-])=CCl. The Kier molecular flexibility index (Phi) is 22.2. The Hall–Kier alpha value is 0.825. The zero-order valence-electron chi connectivity index (χ0n) is 4.27. The molecule has 0 aliphatic carbocycles. The molecule has 30 valence electrons. The minimum absolute atomic E-state index is 0. The average Bonchev–Trinajstić information content (AvgIpc) is 1.38. The molecule has 0 bridgehead atoms. The standard InChI is InChI=1S/C2H3ClO2.2Li/c3-1-2(4)5;;/h1,4-5H;;/q;2*+1/p-2. The molecule has 0 fully saturated rings. The summed E-state index contributed by atoms with van der Waals surface area (Å²) in [5.74, 6) is -1.35. The van der Waals surface area contributed by atoms with Gasteiger partial charge in [-0.2, -0.15) is 5.95 Å². The van der Waals surface area contributed by atoms with E-state index in [-0.39, 0.29) is 37.7 Å². The maximum atomic E-state index is 9.07. The van der Waals surface area contributed by atoms with Crippen molar-refractivity contribution >= 4 is 11.6 Å². The maximum absolute atomic E-state index is 9.07. The van der Waals surface area contributed by atoms with Crippen molar-refractivity contribution in [3.8, 4) is 0 Å². The van der Waals surface area contributed by atoms with Gasteiger partial charge in [0.1, 0.15) is 0 Å². The van der Waals surface area contributed by atoms with E-state index in [2.05, 4.69) is 11.6 Å². The normalized spacial score (nSPS) is 4.71. The van der Waals surface area contributed by atoms with Gasteiger partial charge in [0, 0.05) is 0 Å². The Morgan fingerprint density at radius 1 is 1.29 bits per heavy atom. The van der Waals surface area contributed by atoms with Gasteiger partial charge in [-0.05, 0) is 5.54 Å². The van der Waals surface area contributed by atoms with Crippen LogP contribution in [-0.2, 0) is 0 Å². The van der Waals surface area contributed by atoms with Gasteiger partial charge >= 0.3 is 37.7 Å². The summed E-state index contributed by atoms with van der Waals surface area (Å²) < 4.78 is 0. The Morgan fingerprint density at radius 2 is 1.43 bits per heavy atom. The van der Waals surface area contributed by atoms with E-state index in [0.717, 1.165) is 0 Å². The first-order chi connectivity index (χ1) is 2.27. The van der Waals surface area contributed by atoms with Gasteiger partial charge in [-0.25, -0.2) is 0 Å². The summed E-state index contributed by atoms with van der Waals surface area (Å²) in [6.07, 6.45) is 0. The zero-order chi connectivity index (χ0) is 4.28. The van der Waals surface area contributed by atoms with Gasteiger partial charge in [0.15, 0.2) is 0 Å². The van der Waals surface area contributed by atoms with Crippen LogP contribution in [0.2, 0.25) is 0 Å². The average molecular weight is 106 g/mol. The minimum atomic E-state index is -1.35.